The van der Waals surface area contributed by atoms with E-state index in [4.69, 9.17) is 0 Å². The van der Waals surface area contributed by atoms with Crippen LogP contribution in [0.25, 0.3) is 0 Å². The van der Waals surface area contributed by atoms with Crippen LogP contribution in [0.2, 0.25) is 0 Å². The molecule has 0 saturated heterocycles. The molecule has 2 aromatic rings. The zero-order valence-electron chi connectivity index (χ0n) is 11.0. The highest BCUT2D eigenvalue weighted by Gasteiger charge is 2.34. The van der Waals surface area contributed by atoms with Gasteiger partial charge in [-0.2, -0.15) is 5.10 Å². The number of aromatic nitrogens is 2. The Morgan fingerprint density at radius 2 is 1.81 bits per heavy atom. The molecule has 0 bridgehead atoms. The Morgan fingerprint density at radius 1 is 1.14 bits per heavy atom. The highest BCUT2D eigenvalue weighted by molar-refractivity contribution is 6.21. The Labute approximate surface area is 119 Å². The average Bonchev–Trinajstić information content (AvgIpc) is 3.11. The molecule has 0 saturated carbocycles. The van der Waals surface area contributed by atoms with Crippen molar-refractivity contribution in [3.05, 3.63) is 53.3 Å². The molecule has 1 aliphatic rings. The number of hydrogen-bond acceptors (Lipinski definition) is 4. The molecule has 1 aliphatic heterocycles. The number of nitrogens with one attached hydrogen (secondary N) is 2. The van der Waals surface area contributed by atoms with Crippen LogP contribution in [-0.4, -0.2) is 45.9 Å². The van der Waals surface area contributed by atoms with Gasteiger partial charge in [0.2, 0.25) is 0 Å². The molecule has 3 rings (SSSR count). The van der Waals surface area contributed by atoms with Crippen LogP contribution in [0.3, 0.4) is 0 Å². The number of fused-ring (bicyclic) bond motifs is 1. The third-order valence-corrected chi connectivity index (χ3v) is 3.24. The van der Waals surface area contributed by atoms with Crippen LogP contribution in [0.4, 0.5) is 0 Å². The molecular weight excluding hydrogens is 272 g/mol. The molecule has 0 radical (unpaired) electrons. The predicted molar refractivity (Wildman–Crippen MR) is 72.7 cm³/mol. The summed E-state index contributed by atoms with van der Waals surface area (Å²) in [6.07, 6.45) is 1.47. The summed E-state index contributed by atoms with van der Waals surface area (Å²) in [5.41, 5.74) is 1.14. The summed E-state index contributed by atoms with van der Waals surface area (Å²) in [6, 6.07) is 8.22. The molecule has 0 fully saturated rings. The zero-order valence-corrected chi connectivity index (χ0v) is 11.0. The van der Waals surface area contributed by atoms with Gasteiger partial charge in [-0.3, -0.25) is 24.4 Å². The Hall–Kier alpha value is -2.96. The van der Waals surface area contributed by atoms with E-state index in [1.165, 1.54) is 12.3 Å². The van der Waals surface area contributed by atoms with Gasteiger partial charge in [0.1, 0.15) is 5.69 Å². The molecule has 0 aliphatic carbocycles. The van der Waals surface area contributed by atoms with Gasteiger partial charge in [0.05, 0.1) is 11.1 Å². The third-order valence-electron chi connectivity index (χ3n) is 3.24. The summed E-state index contributed by atoms with van der Waals surface area (Å²) in [4.78, 5) is 37.0. The van der Waals surface area contributed by atoms with E-state index in [1.54, 1.807) is 24.3 Å². The van der Waals surface area contributed by atoms with Crippen LogP contribution in [0.1, 0.15) is 31.2 Å². The lowest BCUT2D eigenvalue weighted by molar-refractivity contribution is 0.0649. The lowest BCUT2D eigenvalue weighted by atomic mass is 10.1. The summed E-state index contributed by atoms with van der Waals surface area (Å²) < 4.78 is 0. The van der Waals surface area contributed by atoms with Gasteiger partial charge in [0.25, 0.3) is 17.7 Å². The topological polar surface area (TPSA) is 95.2 Å². The second-order valence-corrected chi connectivity index (χ2v) is 4.53. The van der Waals surface area contributed by atoms with Crippen molar-refractivity contribution in [2.75, 3.05) is 13.1 Å². The summed E-state index contributed by atoms with van der Waals surface area (Å²) in [5.74, 6) is -0.984. The second-order valence-electron chi connectivity index (χ2n) is 4.53. The van der Waals surface area contributed by atoms with Gasteiger partial charge in [0.15, 0.2) is 0 Å². The fraction of sp³-hybridized carbons (Fsp3) is 0.143. The Kier molecular flexibility index (Phi) is 3.23. The number of imide groups is 1. The van der Waals surface area contributed by atoms with E-state index in [9.17, 15) is 14.4 Å². The van der Waals surface area contributed by atoms with Gasteiger partial charge in [-0.25, -0.2) is 0 Å². The Morgan fingerprint density at radius 3 is 2.38 bits per heavy atom. The van der Waals surface area contributed by atoms with E-state index in [0.717, 1.165) is 4.90 Å². The number of carbonyl (C=O) groups is 3. The van der Waals surface area contributed by atoms with E-state index in [1.807, 2.05) is 0 Å². The number of aromatic amines is 1. The van der Waals surface area contributed by atoms with Crippen molar-refractivity contribution in [1.82, 2.24) is 20.4 Å². The quantitative estimate of drug-likeness (QED) is 0.796. The van der Waals surface area contributed by atoms with E-state index in [0.29, 0.717) is 16.8 Å². The lowest BCUT2D eigenvalue weighted by Gasteiger charge is -2.13. The number of hydrogen-bond donors (Lipinski definition) is 2. The minimum Gasteiger partial charge on any atom is -0.349 e. The van der Waals surface area contributed by atoms with Gasteiger partial charge in [-0.05, 0) is 18.2 Å². The summed E-state index contributed by atoms with van der Waals surface area (Å²) in [7, 11) is 0. The lowest BCUT2D eigenvalue weighted by Crippen LogP contribution is -2.38. The Bertz CT molecular complexity index is 674. The highest BCUT2D eigenvalue weighted by atomic mass is 16.2. The maximum atomic E-state index is 12.1. The van der Waals surface area contributed by atoms with Crippen molar-refractivity contribution in [3.63, 3.8) is 0 Å². The van der Waals surface area contributed by atoms with E-state index >= 15 is 0 Å². The summed E-state index contributed by atoms with van der Waals surface area (Å²) in [6.45, 7) is 0.315. The van der Waals surface area contributed by atoms with Crippen LogP contribution >= 0.6 is 0 Å². The third kappa shape index (κ3) is 2.29. The van der Waals surface area contributed by atoms with Crippen LogP contribution in [0.15, 0.2) is 36.5 Å². The van der Waals surface area contributed by atoms with Crippen LogP contribution in [0, 0.1) is 0 Å². The minimum atomic E-state index is -0.330. The number of benzene rings is 1. The molecule has 7 nitrogen and oxygen atoms in total. The largest absolute Gasteiger partial charge is 0.349 e. The maximum absolute atomic E-state index is 12.1. The molecule has 0 atom stereocenters. The molecule has 2 N–H and O–H groups in total. The van der Waals surface area contributed by atoms with Crippen molar-refractivity contribution >= 4 is 17.7 Å². The summed E-state index contributed by atoms with van der Waals surface area (Å²) in [5, 5.41) is 8.84. The van der Waals surface area contributed by atoms with Gasteiger partial charge in [0, 0.05) is 19.3 Å². The molecule has 1 aromatic heterocycles. The highest BCUT2D eigenvalue weighted by Crippen LogP contribution is 2.21. The molecule has 2 heterocycles. The fourth-order valence-electron chi connectivity index (χ4n) is 2.20. The molecule has 1 aromatic carbocycles. The first-order valence-electron chi connectivity index (χ1n) is 6.41. The first kappa shape index (κ1) is 13.0. The number of H-pyrrole nitrogens is 1. The first-order valence-corrected chi connectivity index (χ1v) is 6.41. The molecule has 0 spiro atoms. The van der Waals surface area contributed by atoms with Crippen LogP contribution < -0.4 is 5.32 Å². The number of carbonyl (C=O) groups excluding carboxylic acids is 3. The van der Waals surface area contributed by atoms with Gasteiger partial charge >= 0.3 is 0 Å². The first-order chi connectivity index (χ1) is 10.2. The minimum absolute atomic E-state index is 0.131. The van der Waals surface area contributed by atoms with Crippen molar-refractivity contribution in [3.8, 4) is 0 Å². The van der Waals surface area contributed by atoms with Crippen molar-refractivity contribution < 1.29 is 14.4 Å². The average molecular weight is 284 g/mol. The number of amides is 3. The zero-order chi connectivity index (χ0) is 14.8. The van der Waals surface area contributed by atoms with Gasteiger partial charge in [-0.15, -0.1) is 0 Å². The van der Waals surface area contributed by atoms with Gasteiger partial charge in [-0.1, -0.05) is 12.1 Å². The van der Waals surface area contributed by atoms with Crippen molar-refractivity contribution in [2.45, 2.75) is 0 Å². The summed E-state index contributed by atoms with van der Waals surface area (Å²) >= 11 is 0. The van der Waals surface area contributed by atoms with Crippen LogP contribution in [0.5, 0.6) is 0 Å². The molecule has 0 unspecified atom stereocenters. The van der Waals surface area contributed by atoms with Crippen molar-refractivity contribution in [2.24, 2.45) is 0 Å². The normalized spacial score (nSPS) is 13.4. The molecule has 106 valence electrons. The van der Waals surface area contributed by atoms with E-state index in [-0.39, 0.29) is 30.8 Å². The van der Waals surface area contributed by atoms with E-state index in [2.05, 4.69) is 15.5 Å². The smallest absolute Gasteiger partial charge is 0.269 e. The Balaban J connectivity index is 1.61. The van der Waals surface area contributed by atoms with Crippen molar-refractivity contribution in [1.29, 1.82) is 0 Å². The van der Waals surface area contributed by atoms with E-state index < -0.39 is 0 Å². The molecule has 3 amide bonds. The predicted octanol–water partition coefficient (Wildman–Crippen LogP) is 0.436. The monoisotopic (exact) mass is 284 g/mol. The molecule has 7 heteroatoms. The fourth-order valence-corrected chi connectivity index (χ4v) is 2.20. The second kappa shape index (κ2) is 5.20. The molecule has 21 heavy (non-hydrogen) atoms. The number of nitrogens with zero attached hydrogens (tertiary/aromatic N) is 2. The molecular formula is C14H12N4O3. The number of rotatable bonds is 4. The maximum Gasteiger partial charge on any atom is 0.269 e. The van der Waals surface area contributed by atoms with Gasteiger partial charge < -0.3 is 5.32 Å². The van der Waals surface area contributed by atoms with Crippen LogP contribution in [-0.2, 0) is 0 Å². The standard InChI is InChI=1S/C14H12N4O3/c19-12(11-5-6-16-17-11)15-7-8-18-13(20)9-3-1-2-4-10(9)14(18)21/h1-6H,7-8H2,(H,15,19)(H,16,17). The SMILES string of the molecule is O=C(NCCN1C(=O)c2ccccc2C1=O)c1ccn[nH]1.